The van der Waals surface area contributed by atoms with Crippen LogP contribution in [-0.2, 0) is 16.6 Å². The van der Waals surface area contributed by atoms with Crippen molar-refractivity contribution in [1.29, 1.82) is 0 Å². The molecule has 4 saturated carbocycles. The third-order valence-corrected chi connectivity index (χ3v) is 8.10. The second kappa shape index (κ2) is 7.89. The van der Waals surface area contributed by atoms with Gasteiger partial charge < -0.3 is 14.8 Å². The van der Waals surface area contributed by atoms with Crippen LogP contribution in [0.4, 0.5) is 0 Å². The summed E-state index contributed by atoms with van der Waals surface area (Å²) in [7, 11) is 3.39. The Morgan fingerprint density at radius 3 is 2.06 bits per heavy atom. The summed E-state index contributed by atoms with van der Waals surface area (Å²) in [6, 6.07) is 16.8. The Morgan fingerprint density at radius 2 is 1.48 bits per heavy atom. The first kappa shape index (κ1) is 20.4. The van der Waals surface area contributed by atoms with Gasteiger partial charge in [-0.05, 0) is 97.6 Å². The highest BCUT2D eigenvalue weighted by Gasteiger charge is 2.60. The van der Waals surface area contributed by atoms with Crippen LogP contribution in [0.3, 0.4) is 0 Å². The molecule has 2 aromatic rings. The highest BCUT2D eigenvalue weighted by molar-refractivity contribution is 5.83. The number of nitrogens with one attached hydrogen (secondary N) is 1. The highest BCUT2D eigenvalue weighted by atomic mass is 16.5. The number of amides is 1. The standard InChI is InChI=1S/C27H33NO3/c1-30-23-7-3-19(4-8-23)11-12-28-25(29)27-16-20-13-21(17-27)15-26(14-20,18-27)22-5-9-24(31-2)10-6-22/h3-10,20-21H,11-18H2,1-2H3,(H,28,29)/t20-,21-,26?,27?/m1/s1. The number of hydrogen-bond donors (Lipinski definition) is 1. The quantitative estimate of drug-likeness (QED) is 0.694. The van der Waals surface area contributed by atoms with Crippen molar-refractivity contribution in [3.63, 3.8) is 0 Å². The van der Waals surface area contributed by atoms with Crippen molar-refractivity contribution in [3.8, 4) is 11.5 Å². The van der Waals surface area contributed by atoms with Crippen LogP contribution in [0.15, 0.2) is 48.5 Å². The molecule has 1 N–H and O–H groups in total. The van der Waals surface area contributed by atoms with Crippen LogP contribution < -0.4 is 14.8 Å². The number of methoxy groups -OCH3 is 2. The summed E-state index contributed by atoms with van der Waals surface area (Å²) in [5.41, 5.74) is 2.59. The molecule has 0 radical (unpaired) electrons. The van der Waals surface area contributed by atoms with Crippen molar-refractivity contribution < 1.29 is 14.3 Å². The van der Waals surface area contributed by atoms with E-state index >= 15 is 0 Å². The van der Waals surface area contributed by atoms with Gasteiger partial charge in [0.2, 0.25) is 5.91 Å². The Morgan fingerprint density at radius 1 is 0.903 bits per heavy atom. The Balaban J connectivity index is 1.29. The minimum Gasteiger partial charge on any atom is -0.497 e. The molecular formula is C27H33NO3. The summed E-state index contributed by atoms with van der Waals surface area (Å²) in [6.07, 6.45) is 7.74. The molecule has 0 heterocycles. The Kier molecular flexibility index (Phi) is 5.19. The van der Waals surface area contributed by atoms with Crippen LogP contribution in [0.5, 0.6) is 11.5 Å². The monoisotopic (exact) mass is 419 g/mol. The molecule has 164 valence electrons. The average Bonchev–Trinajstić information content (AvgIpc) is 2.78. The van der Waals surface area contributed by atoms with Crippen LogP contribution in [0.25, 0.3) is 0 Å². The van der Waals surface area contributed by atoms with Crippen LogP contribution in [0, 0.1) is 17.3 Å². The van der Waals surface area contributed by atoms with Gasteiger partial charge in [0.1, 0.15) is 11.5 Å². The lowest BCUT2D eigenvalue weighted by molar-refractivity contribution is -0.149. The van der Waals surface area contributed by atoms with Gasteiger partial charge in [0.25, 0.3) is 0 Å². The van der Waals surface area contributed by atoms with Crippen LogP contribution in [-0.4, -0.2) is 26.7 Å². The van der Waals surface area contributed by atoms with Gasteiger partial charge in [-0.15, -0.1) is 0 Å². The van der Waals surface area contributed by atoms with Crippen LogP contribution >= 0.6 is 0 Å². The molecule has 4 fully saturated rings. The minimum atomic E-state index is -0.191. The summed E-state index contributed by atoms with van der Waals surface area (Å²) in [6.45, 7) is 0.692. The van der Waals surface area contributed by atoms with Gasteiger partial charge in [0.05, 0.1) is 19.6 Å². The average molecular weight is 420 g/mol. The van der Waals surface area contributed by atoms with E-state index in [1.807, 2.05) is 12.1 Å². The van der Waals surface area contributed by atoms with E-state index in [1.54, 1.807) is 14.2 Å². The van der Waals surface area contributed by atoms with E-state index in [0.717, 1.165) is 37.2 Å². The summed E-state index contributed by atoms with van der Waals surface area (Å²) in [5, 5.41) is 3.31. The van der Waals surface area contributed by atoms with Gasteiger partial charge in [-0.25, -0.2) is 0 Å². The van der Waals surface area contributed by atoms with Gasteiger partial charge in [0, 0.05) is 6.54 Å². The SMILES string of the molecule is COc1ccc(CCNC(=O)C23C[C@@H]4C[C@@H](C2)CC(c2ccc(OC)cc2)(C4)C3)cc1. The zero-order valence-corrected chi connectivity index (χ0v) is 18.7. The summed E-state index contributed by atoms with van der Waals surface area (Å²) in [5.74, 6) is 3.41. The van der Waals surface area contributed by atoms with Gasteiger partial charge in [-0.1, -0.05) is 24.3 Å². The zero-order chi connectivity index (χ0) is 21.5. The molecule has 4 heteroatoms. The van der Waals surface area contributed by atoms with Crippen molar-refractivity contribution >= 4 is 5.91 Å². The van der Waals surface area contributed by atoms with E-state index in [4.69, 9.17) is 9.47 Å². The Hall–Kier alpha value is -2.49. The lowest BCUT2D eigenvalue weighted by Crippen LogP contribution is -2.59. The van der Waals surface area contributed by atoms with Crippen molar-refractivity contribution in [1.82, 2.24) is 5.32 Å². The van der Waals surface area contributed by atoms with Crippen LogP contribution in [0.2, 0.25) is 0 Å². The number of hydrogen-bond acceptors (Lipinski definition) is 3. The number of carbonyl (C=O) groups is 1. The number of carbonyl (C=O) groups excluding carboxylic acids is 1. The lowest BCUT2D eigenvalue weighted by Gasteiger charge is -2.61. The van der Waals surface area contributed by atoms with Gasteiger partial charge in [0.15, 0.2) is 0 Å². The van der Waals surface area contributed by atoms with Crippen molar-refractivity contribution in [2.75, 3.05) is 20.8 Å². The van der Waals surface area contributed by atoms with Gasteiger partial charge in [-0.2, -0.15) is 0 Å². The van der Waals surface area contributed by atoms with Crippen molar-refractivity contribution in [2.24, 2.45) is 17.3 Å². The van der Waals surface area contributed by atoms with E-state index in [0.29, 0.717) is 18.4 Å². The highest BCUT2D eigenvalue weighted by Crippen LogP contribution is 2.65. The molecule has 2 atom stereocenters. The smallest absolute Gasteiger partial charge is 0.226 e. The Bertz CT molecular complexity index is 920. The molecular weight excluding hydrogens is 386 g/mol. The maximum absolute atomic E-state index is 13.5. The minimum absolute atomic E-state index is 0.156. The second-order valence-corrected chi connectivity index (χ2v) is 10.1. The Labute approximate surface area is 185 Å². The molecule has 0 saturated heterocycles. The van der Waals surface area contributed by atoms with Crippen molar-refractivity contribution in [3.05, 3.63) is 59.7 Å². The summed E-state index contributed by atoms with van der Waals surface area (Å²) < 4.78 is 10.6. The lowest BCUT2D eigenvalue weighted by atomic mass is 9.42. The largest absolute Gasteiger partial charge is 0.497 e. The van der Waals surface area contributed by atoms with Gasteiger partial charge >= 0.3 is 0 Å². The number of rotatable bonds is 7. The molecule has 31 heavy (non-hydrogen) atoms. The molecule has 0 spiro atoms. The van der Waals surface area contributed by atoms with Gasteiger partial charge in [-0.3, -0.25) is 4.79 Å². The van der Waals surface area contributed by atoms with E-state index in [9.17, 15) is 4.79 Å². The molecule has 2 aromatic carbocycles. The molecule has 6 rings (SSSR count). The fraction of sp³-hybridized carbons (Fsp3) is 0.519. The second-order valence-electron chi connectivity index (χ2n) is 10.1. The molecule has 0 aromatic heterocycles. The first-order valence-electron chi connectivity index (χ1n) is 11.6. The first-order chi connectivity index (χ1) is 15.0. The molecule has 4 aliphatic carbocycles. The van der Waals surface area contributed by atoms with Crippen LogP contribution in [0.1, 0.15) is 49.7 Å². The van der Waals surface area contributed by atoms with E-state index in [1.165, 1.54) is 30.4 Å². The normalized spacial score (nSPS) is 30.8. The maximum atomic E-state index is 13.5. The van der Waals surface area contributed by atoms with Crippen molar-refractivity contribution in [2.45, 2.75) is 50.4 Å². The predicted octanol–water partition coefficient (Wildman–Crippen LogP) is 4.90. The molecule has 4 bridgehead atoms. The van der Waals surface area contributed by atoms with E-state index in [-0.39, 0.29) is 16.7 Å². The zero-order valence-electron chi connectivity index (χ0n) is 18.7. The van der Waals surface area contributed by atoms with E-state index < -0.39 is 0 Å². The summed E-state index contributed by atoms with van der Waals surface area (Å²) in [4.78, 5) is 13.5. The first-order valence-corrected chi connectivity index (χ1v) is 11.6. The fourth-order valence-corrected chi connectivity index (χ4v) is 7.11. The molecule has 1 amide bonds. The van der Waals surface area contributed by atoms with E-state index in [2.05, 4.69) is 41.7 Å². The molecule has 0 unspecified atom stereocenters. The summed E-state index contributed by atoms with van der Waals surface area (Å²) >= 11 is 0. The predicted molar refractivity (Wildman–Crippen MR) is 121 cm³/mol. The molecule has 0 aliphatic heterocycles. The molecule has 4 nitrogen and oxygen atoms in total. The molecule has 4 aliphatic rings. The third-order valence-electron chi connectivity index (χ3n) is 8.10. The fourth-order valence-electron chi connectivity index (χ4n) is 7.11. The number of benzene rings is 2. The maximum Gasteiger partial charge on any atom is 0.226 e. The third kappa shape index (κ3) is 3.71. The topological polar surface area (TPSA) is 47.6 Å². The number of ether oxygens (including phenoxy) is 2.